The number of nitrogens with zero attached hydrogens (tertiary/aromatic N) is 1. The summed E-state index contributed by atoms with van der Waals surface area (Å²) in [6.07, 6.45) is 0. The molecule has 20 heavy (non-hydrogen) atoms. The van der Waals surface area contributed by atoms with Crippen LogP contribution in [0.2, 0.25) is 0 Å². The second kappa shape index (κ2) is 5.08. The highest BCUT2D eigenvalue weighted by molar-refractivity contribution is 5.52. The standard InChI is InChI=1S/C14H12N2O4/c17-16(18)12-6-4-11(5-7-12)15-8-10-2-1-3-13-14(10)20-9-19-13/h1-7,15H,8-9H2. The number of ether oxygens (including phenoxy) is 2. The van der Waals surface area contributed by atoms with Gasteiger partial charge in [-0.1, -0.05) is 12.1 Å². The van der Waals surface area contributed by atoms with Gasteiger partial charge in [-0.25, -0.2) is 0 Å². The van der Waals surface area contributed by atoms with Crippen LogP contribution in [0.25, 0.3) is 0 Å². The van der Waals surface area contributed by atoms with Gasteiger partial charge in [-0.05, 0) is 18.2 Å². The number of para-hydroxylation sites is 1. The first-order valence-corrected chi connectivity index (χ1v) is 6.10. The third-order valence-corrected chi connectivity index (χ3v) is 3.04. The Morgan fingerprint density at radius 3 is 2.70 bits per heavy atom. The van der Waals surface area contributed by atoms with Crippen molar-refractivity contribution in [3.05, 3.63) is 58.1 Å². The number of non-ortho nitro benzene ring substituents is 1. The first kappa shape index (κ1) is 12.3. The van der Waals surface area contributed by atoms with Crippen molar-refractivity contribution >= 4 is 11.4 Å². The van der Waals surface area contributed by atoms with Crippen molar-refractivity contribution in [3.8, 4) is 11.5 Å². The number of benzene rings is 2. The van der Waals surface area contributed by atoms with Crippen LogP contribution in [-0.4, -0.2) is 11.7 Å². The first-order valence-electron chi connectivity index (χ1n) is 6.10. The number of hydrogen-bond donors (Lipinski definition) is 1. The molecule has 6 nitrogen and oxygen atoms in total. The van der Waals surface area contributed by atoms with Crippen molar-refractivity contribution in [2.75, 3.05) is 12.1 Å². The maximum absolute atomic E-state index is 10.6. The quantitative estimate of drug-likeness (QED) is 0.684. The molecule has 1 aliphatic rings. The molecule has 0 fully saturated rings. The lowest BCUT2D eigenvalue weighted by atomic mass is 10.2. The van der Waals surface area contributed by atoms with Crippen LogP contribution in [0.4, 0.5) is 11.4 Å². The highest BCUT2D eigenvalue weighted by atomic mass is 16.7. The minimum Gasteiger partial charge on any atom is -0.454 e. The predicted octanol–water partition coefficient (Wildman–Crippen LogP) is 2.94. The molecule has 1 heterocycles. The summed E-state index contributed by atoms with van der Waals surface area (Å²) in [5.41, 5.74) is 1.87. The van der Waals surface area contributed by atoms with Crippen LogP contribution < -0.4 is 14.8 Å². The molecular weight excluding hydrogens is 260 g/mol. The third kappa shape index (κ3) is 2.35. The minimum atomic E-state index is -0.418. The van der Waals surface area contributed by atoms with Crippen LogP contribution in [0.1, 0.15) is 5.56 Å². The Morgan fingerprint density at radius 1 is 1.15 bits per heavy atom. The molecule has 1 N–H and O–H groups in total. The van der Waals surface area contributed by atoms with E-state index in [1.807, 2.05) is 18.2 Å². The Bertz CT molecular complexity index is 640. The molecule has 3 rings (SSSR count). The predicted molar refractivity (Wildman–Crippen MR) is 73.0 cm³/mol. The molecule has 0 aromatic heterocycles. The van der Waals surface area contributed by atoms with Crippen molar-refractivity contribution in [2.24, 2.45) is 0 Å². The molecule has 0 radical (unpaired) electrons. The molecule has 2 aromatic rings. The van der Waals surface area contributed by atoms with E-state index in [9.17, 15) is 10.1 Å². The fourth-order valence-electron chi connectivity index (χ4n) is 2.03. The maximum atomic E-state index is 10.6. The summed E-state index contributed by atoms with van der Waals surface area (Å²) in [6.45, 7) is 0.800. The van der Waals surface area contributed by atoms with Crippen LogP contribution in [0.15, 0.2) is 42.5 Å². The van der Waals surface area contributed by atoms with Gasteiger partial charge in [-0.2, -0.15) is 0 Å². The number of nitro benzene ring substituents is 1. The monoisotopic (exact) mass is 272 g/mol. The second-order valence-corrected chi connectivity index (χ2v) is 4.31. The van der Waals surface area contributed by atoms with Gasteiger partial charge >= 0.3 is 0 Å². The average molecular weight is 272 g/mol. The summed E-state index contributed by atoms with van der Waals surface area (Å²) < 4.78 is 10.7. The maximum Gasteiger partial charge on any atom is 0.269 e. The Balaban J connectivity index is 1.71. The van der Waals surface area contributed by atoms with Crippen LogP contribution in [0.5, 0.6) is 11.5 Å². The van der Waals surface area contributed by atoms with Crippen molar-refractivity contribution in [3.63, 3.8) is 0 Å². The van der Waals surface area contributed by atoms with E-state index in [4.69, 9.17) is 9.47 Å². The summed E-state index contributed by atoms with van der Waals surface area (Å²) >= 11 is 0. The number of anilines is 1. The zero-order valence-corrected chi connectivity index (χ0v) is 10.5. The van der Waals surface area contributed by atoms with Gasteiger partial charge in [-0.15, -0.1) is 0 Å². The summed E-state index contributed by atoms with van der Waals surface area (Å²) in [6, 6.07) is 12.0. The van der Waals surface area contributed by atoms with Gasteiger partial charge < -0.3 is 14.8 Å². The minimum absolute atomic E-state index is 0.0767. The smallest absolute Gasteiger partial charge is 0.269 e. The van der Waals surface area contributed by atoms with Gasteiger partial charge in [0, 0.05) is 29.9 Å². The fraction of sp³-hybridized carbons (Fsp3) is 0.143. The lowest BCUT2D eigenvalue weighted by Crippen LogP contribution is -2.01. The number of fused-ring (bicyclic) bond motifs is 1. The molecule has 0 atom stereocenters. The summed E-state index contributed by atoms with van der Waals surface area (Å²) in [5, 5.41) is 13.8. The molecule has 0 bridgehead atoms. The number of nitro groups is 1. The molecule has 2 aromatic carbocycles. The molecule has 102 valence electrons. The molecule has 0 spiro atoms. The van der Waals surface area contributed by atoms with E-state index in [1.54, 1.807) is 12.1 Å². The zero-order valence-electron chi connectivity index (χ0n) is 10.5. The van der Waals surface area contributed by atoms with E-state index in [2.05, 4.69) is 5.32 Å². The van der Waals surface area contributed by atoms with E-state index in [0.717, 1.165) is 22.7 Å². The molecule has 0 unspecified atom stereocenters. The molecule has 0 amide bonds. The summed E-state index contributed by atoms with van der Waals surface area (Å²) in [4.78, 5) is 10.2. The highest BCUT2D eigenvalue weighted by Gasteiger charge is 2.16. The number of rotatable bonds is 4. The Labute approximate surface area is 115 Å². The topological polar surface area (TPSA) is 73.6 Å². The molecule has 0 saturated carbocycles. The lowest BCUT2D eigenvalue weighted by molar-refractivity contribution is -0.384. The fourth-order valence-corrected chi connectivity index (χ4v) is 2.03. The number of hydrogen-bond acceptors (Lipinski definition) is 5. The first-order chi connectivity index (χ1) is 9.74. The Morgan fingerprint density at radius 2 is 1.95 bits per heavy atom. The summed E-state index contributed by atoms with van der Waals surface area (Å²) in [5.74, 6) is 1.50. The largest absolute Gasteiger partial charge is 0.454 e. The van der Waals surface area contributed by atoms with Gasteiger partial charge in [0.1, 0.15) is 0 Å². The van der Waals surface area contributed by atoms with Crippen LogP contribution in [0.3, 0.4) is 0 Å². The van der Waals surface area contributed by atoms with Crippen LogP contribution in [0, 0.1) is 10.1 Å². The molecule has 1 aliphatic heterocycles. The van der Waals surface area contributed by atoms with Crippen molar-refractivity contribution in [2.45, 2.75) is 6.54 Å². The SMILES string of the molecule is O=[N+]([O-])c1ccc(NCc2cccc3c2OCO3)cc1. The average Bonchev–Trinajstić information content (AvgIpc) is 2.94. The van der Waals surface area contributed by atoms with E-state index in [1.165, 1.54) is 12.1 Å². The lowest BCUT2D eigenvalue weighted by Gasteiger charge is -2.08. The molecule has 6 heteroatoms. The van der Waals surface area contributed by atoms with Crippen LogP contribution >= 0.6 is 0 Å². The van der Waals surface area contributed by atoms with Crippen molar-refractivity contribution < 1.29 is 14.4 Å². The zero-order chi connectivity index (χ0) is 13.9. The van der Waals surface area contributed by atoms with E-state index >= 15 is 0 Å². The second-order valence-electron chi connectivity index (χ2n) is 4.31. The van der Waals surface area contributed by atoms with Gasteiger partial charge in [0.2, 0.25) is 6.79 Å². The third-order valence-electron chi connectivity index (χ3n) is 3.04. The highest BCUT2D eigenvalue weighted by Crippen LogP contribution is 2.35. The van der Waals surface area contributed by atoms with E-state index < -0.39 is 4.92 Å². The molecule has 0 saturated heterocycles. The van der Waals surface area contributed by atoms with E-state index in [0.29, 0.717) is 6.54 Å². The van der Waals surface area contributed by atoms with Gasteiger partial charge in [0.05, 0.1) is 4.92 Å². The van der Waals surface area contributed by atoms with Gasteiger partial charge in [-0.3, -0.25) is 10.1 Å². The Hall–Kier alpha value is -2.76. The van der Waals surface area contributed by atoms with Gasteiger partial charge in [0.15, 0.2) is 11.5 Å². The van der Waals surface area contributed by atoms with Crippen molar-refractivity contribution in [1.29, 1.82) is 0 Å². The Kier molecular flexibility index (Phi) is 3.12. The normalized spacial score (nSPS) is 12.2. The number of nitrogens with one attached hydrogen (secondary N) is 1. The molecular formula is C14H12N2O4. The van der Waals surface area contributed by atoms with Crippen molar-refractivity contribution in [1.82, 2.24) is 0 Å². The van der Waals surface area contributed by atoms with Gasteiger partial charge in [0.25, 0.3) is 5.69 Å². The summed E-state index contributed by atoms with van der Waals surface area (Å²) in [7, 11) is 0. The van der Waals surface area contributed by atoms with Crippen LogP contribution in [-0.2, 0) is 6.54 Å². The molecule has 0 aliphatic carbocycles. The van der Waals surface area contributed by atoms with E-state index in [-0.39, 0.29) is 12.5 Å².